The molecule has 0 aromatic heterocycles. The summed E-state index contributed by atoms with van der Waals surface area (Å²) in [7, 11) is 0. The second-order valence-corrected chi connectivity index (χ2v) is 7.87. The lowest BCUT2D eigenvalue weighted by Gasteiger charge is -2.05. The SMILES string of the molecule is CCCCCCCCC=CCCCCCCCC(=O)OCCCOCCCC. The number of esters is 1. The molecule has 0 aliphatic carbocycles. The number of hydrogen-bond donors (Lipinski definition) is 0. The van der Waals surface area contributed by atoms with E-state index < -0.39 is 0 Å². The normalized spacial score (nSPS) is 11.4. The highest BCUT2D eigenvalue weighted by Crippen LogP contribution is 2.10. The summed E-state index contributed by atoms with van der Waals surface area (Å²) in [4.78, 5) is 11.6. The minimum absolute atomic E-state index is 0.0498. The van der Waals surface area contributed by atoms with Crippen LogP contribution in [-0.4, -0.2) is 25.8 Å². The van der Waals surface area contributed by atoms with Crippen LogP contribution in [0, 0.1) is 0 Å². The summed E-state index contributed by atoms with van der Waals surface area (Å²) in [5.74, 6) is -0.0498. The molecule has 0 rings (SSSR count). The Balaban J connectivity index is 3.19. The number of allylic oxidation sites excluding steroid dienone is 2. The van der Waals surface area contributed by atoms with Gasteiger partial charge in [-0.15, -0.1) is 0 Å². The van der Waals surface area contributed by atoms with Gasteiger partial charge in [-0.1, -0.05) is 83.8 Å². The summed E-state index contributed by atoms with van der Waals surface area (Å²) in [5, 5.41) is 0. The maximum absolute atomic E-state index is 11.6. The molecule has 0 saturated carbocycles. The second kappa shape index (κ2) is 24.2. The Labute approximate surface area is 175 Å². The van der Waals surface area contributed by atoms with E-state index in [4.69, 9.17) is 9.47 Å². The lowest BCUT2D eigenvalue weighted by Crippen LogP contribution is -2.08. The molecule has 3 nitrogen and oxygen atoms in total. The van der Waals surface area contributed by atoms with Crippen LogP contribution in [0.3, 0.4) is 0 Å². The van der Waals surface area contributed by atoms with Crippen molar-refractivity contribution in [3.8, 4) is 0 Å². The third kappa shape index (κ3) is 23.2. The van der Waals surface area contributed by atoms with Crippen molar-refractivity contribution in [2.75, 3.05) is 19.8 Å². The highest BCUT2D eigenvalue weighted by molar-refractivity contribution is 5.69. The van der Waals surface area contributed by atoms with Gasteiger partial charge in [0.05, 0.1) is 6.61 Å². The van der Waals surface area contributed by atoms with Gasteiger partial charge in [-0.2, -0.15) is 0 Å². The molecule has 0 bridgehead atoms. The Morgan fingerprint density at radius 3 is 1.79 bits per heavy atom. The predicted octanol–water partition coefficient (Wildman–Crippen LogP) is 7.77. The summed E-state index contributed by atoms with van der Waals surface area (Å²) in [5.41, 5.74) is 0. The molecule has 166 valence electrons. The largest absolute Gasteiger partial charge is 0.466 e. The average molecular weight is 397 g/mol. The van der Waals surface area contributed by atoms with Crippen LogP contribution in [0.25, 0.3) is 0 Å². The smallest absolute Gasteiger partial charge is 0.305 e. The van der Waals surface area contributed by atoms with Crippen molar-refractivity contribution in [3.05, 3.63) is 12.2 Å². The molecule has 3 heteroatoms. The van der Waals surface area contributed by atoms with Crippen LogP contribution < -0.4 is 0 Å². The van der Waals surface area contributed by atoms with E-state index in [-0.39, 0.29) is 5.97 Å². The van der Waals surface area contributed by atoms with Crippen molar-refractivity contribution < 1.29 is 14.3 Å². The van der Waals surface area contributed by atoms with Gasteiger partial charge in [-0.3, -0.25) is 4.79 Å². The van der Waals surface area contributed by atoms with Gasteiger partial charge in [-0.05, 0) is 38.5 Å². The van der Waals surface area contributed by atoms with Crippen molar-refractivity contribution in [1.29, 1.82) is 0 Å². The molecule has 0 aromatic rings. The standard InChI is InChI=1S/C25H48O3/c1-3-5-7-8-9-10-11-12-13-14-15-16-17-18-19-21-25(26)28-24-20-23-27-22-6-4-2/h12-13H,3-11,14-24H2,1-2H3. The Kier molecular flexibility index (Phi) is 23.5. The first kappa shape index (κ1) is 27.2. The number of ether oxygens (including phenoxy) is 2. The number of carbonyl (C=O) groups excluding carboxylic acids is 1. The average Bonchev–Trinajstić information content (AvgIpc) is 2.70. The van der Waals surface area contributed by atoms with Gasteiger partial charge in [0.1, 0.15) is 0 Å². The zero-order valence-electron chi connectivity index (χ0n) is 19.0. The molecule has 28 heavy (non-hydrogen) atoms. The Hall–Kier alpha value is -0.830. The first-order valence-electron chi connectivity index (χ1n) is 12.2. The number of rotatable bonds is 22. The van der Waals surface area contributed by atoms with Crippen LogP contribution in [0.2, 0.25) is 0 Å². The van der Waals surface area contributed by atoms with Gasteiger partial charge in [0.15, 0.2) is 0 Å². The highest BCUT2D eigenvalue weighted by atomic mass is 16.5. The highest BCUT2D eigenvalue weighted by Gasteiger charge is 2.02. The molecular weight excluding hydrogens is 348 g/mol. The van der Waals surface area contributed by atoms with Crippen molar-refractivity contribution >= 4 is 5.97 Å². The summed E-state index contributed by atoms with van der Waals surface area (Å²) < 4.78 is 10.7. The Morgan fingerprint density at radius 1 is 0.607 bits per heavy atom. The van der Waals surface area contributed by atoms with Crippen LogP contribution >= 0.6 is 0 Å². The molecule has 0 unspecified atom stereocenters. The first-order chi connectivity index (χ1) is 13.8. The predicted molar refractivity (Wildman–Crippen MR) is 121 cm³/mol. The zero-order valence-corrected chi connectivity index (χ0v) is 19.0. The molecule has 0 aliphatic heterocycles. The molecule has 0 heterocycles. The van der Waals surface area contributed by atoms with Crippen LogP contribution in [0.5, 0.6) is 0 Å². The monoisotopic (exact) mass is 396 g/mol. The van der Waals surface area contributed by atoms with Crippen LogP contribution in [0.4, 0.5) is 0 Å². The summed E-state index contributed by atoms with van der Waals surface area (Å²) in [6.07, 6.45) is 25.0. The van der Waals surface area contributed by atoms with Gasteiger partial charge in [0.25, 0.3) is 0 Å². The van der Waals surface area contributed by atoms with Gasteiger partial charge in [0, 0.05) is 26.1 Å². The van der Waals surface area contributed by atoms with Crippen LogP contribution in [0.1, 0.15) is 123 Å². The lowest BCUT2D eigenvalue weighted by atomic mass is 10.1. The number of hydrogen-bond acceptors (Lipinski definition) is 3. The van der Waals surface area contributed by atoms with Gasteiger partial charge in [-0.25, -0.2) is 0 Å². The molecule has 0 saturated heterocycles. The molecule has 0 aromatic carbocycles. The fourth-order valence-corrected chi connectivity index (χ4v) is 3.11. The zero-order chi connectivity index (χ0) is 20.5. The molecule has 0 aliphatic rings. The van der Waals surface area contributed by atoms with Crippen molar-refractivity contribution in [1.82, 2.24) is 0 Å². The summed E-state index contributed by atoms with van der Waals surface area (Å²) in [6, 6.07) is 0. The molecule has 0 fully saturated rings. The molecule has 0 atom stereocenters. The van der Waals surface area contributed by atoms with E-state index in [0.29, 0.717) is 19.6 Å². The molecule has 0 N–H and O–H groups in total. The van der Waals surface area contributed by atoms with Gasteiger partial charge in [0.2, 0.25) is 0 Å². The molecular formula is C25H48O3. The third-order valence-corrected chi connectivity index (χ3v) is 4.98. The van der Waals surface area contributed by atoms with E-state index in [1.165, 1.54) is 70.6 Å². The van der Waals surface area contributed by atoms with Gasteiger partial charge >= 0.3 is 5.97 Å². The third-order valence-electron chi connectivity index (χ3n) is 4.98. The maximum Gasteiger partial charge on any atom is 0.305 e. The minimum Gasteiger partial charge on any atom is -0.466 e. The minimum atomic E-state index is -0.0498. The van der Waals surface area contributed by atoms with E-state index >= 15 is 0 Å². The summed E-state index contributed by atoms with van der Waals surface area (Å²) in [6.45, 7) is 6.43. The first-order valence-corrected chi connectivity index (χ1v) is 12.2. The lowest BCUT2D eigenvalue weighted by molar-refractivity contribution is -0.144. The van der Waals surface area contributed by atoms with E-state index in [1.54, 1.807) is 0 Å². The fraction of sp³-hybridized carbons (Fsp3) is 0.880. The Morgan fingerprint density at radius 2 is 1.14 bits per heavy atom. The molecule has 0 amide bonds. The van der Waals surface area contributed by atoms with E-state index in [0.717, 1.165) is 38.7 Å². The van der Waals surface area contributed by atoms with Gasteiger partial charge < -0.3 is 9.47 Å². The van der Waals surface area contributed by atoms with Crippen LogP contribution in [-0.2, 0) is 14.3 Å². The maximum atomic E-state index is 11.6. The van der Waals surface area contributed by atoms with Crippen molar-refractivity contribution in [3.63, 3.8) is 0 Å². The van der Waals surface area contributed by atoms with E-state index in [1.807, 2.05) is 0 Å². The second-order valence-electron chi connectivity index (χ2n) is 7.87. The molecule has 0 spiro atoms. The quantitative estimate of drug-likeness (QED) is 0.106. The number of unbranched alkanes of at least 4 members (excludes halogenated alkanes) is 12. The van der Waals surface area contributed by atoms with Crippen LogP contribution in [0.15, 0.2) is 12.2 Å². The summed E-state index contributed by atoms with van der Waals surface area (Å²) >= 11 is 0. The van der Waals surface area contributed by atoms with Crippen molar-refractivity contribution in [2.45, 2.75) is 123 Å². The number of carbonyl (C=O) groups is 1. The van der Waals surface area contributed by atoms with E-state index in [2.05, 4.69) is 26.0 Å². The topological polar surface area (TPSA) is 35.5 Å². The fourth-order valence-electron chi connectivity index (χ4n) is 3.11. The van der Waals surface area contributed by atoms with E-state index in [9.17, 15) is 4.79 Å². The Bertz CT molecular complexity index is 339. The molecule has 0 radical (unpaired) electrons. The van der Waals surface area contributed by atoms with Crippen molar-refractivity contribution in [2.24, 2.45) is 0 Å².